The second kappa shape index (κ2) is 6.06. The molecule has 1 aliphatic heterocycles. The summed E-state index contributed by atoms with van der Waals surface area (Å²) in [5, 5.41) is 19.2. The lowest BCUT2D eigenvalue weighted by molar-refractivity contribution is 0.199. The summed E-state index contributed by atoms with van der Waals surface area (Å²) in [5.74, 6) is 0.518. The van der Waals surface area contributed by atoms with Crippen LogP contribution in [-0.2, 0) is 4.74 Å². The predicted octanol–water partition coefficient (Wildman–Crippen LogP) is 3.33. The van der Waals surface area contributed by atoms with Gasteiger partial charge in [-0.1, -0.05) is 39.0 Å². The summed E-state index contributed by atoms with van der Waals surface area (Å²) in [6.07, 6.45) is 0. The fourth-order valence-electron chi connectivity index (χ4n) is 2.65. The number of nitrogens with zero attached hydrogens (tertiary/aromatic N) is 2. The van der Waals surface area contributed by atoms with Gasteiger partial charge in [-0.25, -0.2) is 0 Å². The highest BCUT2D eigenvalue weighted by molar-refractivity contribution is 5.57. The van der Waals surface area contributed by atoms with Crippen LogP contribution in [0.1, 0.15) is 32.3 Å². The molecule has 1 aliphatic rings. The van der Waals surface area contributed by atoms with Gasteiger partial charge in [0, 0.05) is 11.0 Å². The van der Waals surface area contributed by atoms with Crippen molar-refractivity contribution in [1.29, 1.82) is 10.5 Å². The van der Waals surface area contributed by atoms with Gasteiger partial charge in [0.25, 0.3) is 0 Å². The topological polar surface area (TPSA) is 92.1 Å². The van der Waals surface area contributed by atoms with Crippen LogP contribution in [0, 0.1) is 28.1 Å². The number of para-hydroxylation sites is 1. The summed E-state index contributed by atoms with van der Waals surface area (Å²) >= 11 is 0. The second-order valence-corrected chi connectivity index (χ2v) is 6.27. The van der Waals surface area contributed by atoms with Gasteiger partial charge in [0.05, 0.1) is 24.7 Å². The number of nitrogens with two attached hydrogens (primary N) is 1. The third kappa shape index (κ3) is 2.86. The van der Waals surface area contributed by atoms with E-state index in [0.717, 1.165) is 5.56 Å². The molecule has 0 radical (unpaired) electrons. The van der Waals surface area contributed by atoms with Crippen LogP contribution in [0.3, 0.4) is 0 Å². The van der Waals surface area contributed by atoms with Gasteiger partial charge in [-0.2, -0.15) is 10.5 Å². The smallest absolute Gasteiger partial charge is 0.205 e. The van der Waals surface area contributed by atoms with Crippen LogP contribution in [0.2, 0.25) is 0 Å². The van der Waals surface area contributed by atoms with Crippen molar-refractivity contribution in [3.63, 3.8) is 0 Å². The summed E-state index contributed by atoms with van der Waals surface area (Å²) in [6.45, 7) is 5.80. The van der Waals surface area contributed by atoms with Crippen molar-refractivity contribution in [2.45, 2.75) is 26.7 Å². The molecule has 0 aromatic heterocycles. The number of benzene rings is 1. The molecule has 0 saturated carbocycles. The van der Waals surface area contributed by atoms with Gasteiger partial charge < -0.3 is 15.2 Å². The summed E-state index contributed by atoms with van der Waals surface area (Å²) in [5.41, 5.74) is 6.87. The zero-order valence-corrected chi connectivity index (χ0v) is 13.7. The lowest BCUT2D eigenvalue weighted by Crippen LogP contribution is -2.26. The number of allylic oxidation sites excluding steroid dienone is 3. The Morgan fingerprint density at radius 2 is 1.74 bits per heavy atom. The highest BCUT2D eigenvalue weighted by Gasteiger charge is 2.38. The Hall–Kier alpha value is -2.92. The summed E-state index contributed by atoms with van der Waals surface area (Å²) in [4.78, 5) is 0. The minimum atomic E-state index is -0.593. The van der Waals surface area contributed by atoms with Crippen molar-refractivity contribution in [3.05, 3.63) is 52.6 Å². The Kier molecular flexibility index (Phi) is 4.33. The molecule has 1 aromatic carbocycles. The van der Waals surface area contributed by atoms with E-state index in [2.05, 4.69) is 12.1 Å². The van der Waals surface area contributed by atoms with Gasteiger partial charge in [-0.05, 0) is 6.07 Å². The predicted molar refractivity (Wildman–Crippen MR) is 85.7 cm³/mol. The fourth-order valence-corrected chi connectivity index (χ4v) is 2.65. The first-order chi connectivity index (χ1) is 10.8. The molecule has 0 spiro atoms. The molecule has 2 rings (SSSR count). The minimum Gasteiger partial charge on any atom is -0.496 e. The van der Waals surface area contributed by atoms with Crippen LogP contribution >= 0.6 is 0 Å². The van der Waals surface area contributed by atoms with Gasteiger partial charge in [0.15, 0.2) is 0 Å². The van der Waals surface area contributed by atoms with Gasteiger partial charge >= 0.3 is 0 Å². The minimum absolute atomic E-state index is 0.0346. The zero-order valence-electron chi connectivity index (χ0n) is 13.7. The van der Waals surface area contributed by atoms with Crippen LogP contribution in [0.5, 0.6) is 5.75 Å². The maximum Gasteiger partial charge on any atom is 0.205 e. The Morgan fingerprint density at radius 3 is 2.26 bits per heavy atom. The zero-order chi connectivity index (χ0) is 17.2. The molecule has 1 aromatic rings. The molecule has 2 N–H and O–H groups in total. The van der Waals surface area contributed by atoms with Crippen molar-refractivity contribution in [2.24, 2.45) is 11.1 Å². The standard InChI is InChI=1S/C18H19N3O2/c1-18(2,3)16-12(9-19)15(13(10-20)17(21)23-16)11-7-5-6-8-14(11)22-4/h5-8,15H,21H2,1-4H3/t15-/m0/s1. The lowest BCUT2D eigenvalue weighted by atomic mass is 9.78. The van der Waals surface area contributed by atoms with Crippen LogP contribution in [0.25, 0.3) is 0 Å². The molecule has 1 heterocycles. The molecule has 5 heteroatoms. The number of rotatable bonds is 2. The number of hydrogen-bond acceptors (Lipinski definition) is 5. The summed E-state index contributed by atoms with van der Waals surface area (Å²) in [6, 6.07) is 11.6. The van der Waals surface area contributed by atoms with E-state index in [0.29, 0.717) is 17.1 Å². The maximum absolute atomic E-state index is 9.72. The molecular weight excluding hydrogens is 290 g/mol. The molecule has 0 unspecified atom stereocenters. The highest BCUT2D eigenvalue weighted by Crippen LogP contribution is 2.46. The van der Waals surface area contributed by atoms with E-state index >= 15 is 0 Å². The molecule has 1 atom stereocenters. The maximum atomic E-state index is 9.72. The van der Waals surface area contributed by atoms with E-state index in [1.807, 2.05) is 39.0 Å². The van der Waals surface area contributed by atoms with E-state index < -0.39 is 11.3 Å². The van der Waals surface area contributed by atoms with E-state index in [1.165, 1.54) is 0 Å². The number of methoxy groups -OCH3 is 1. The third-order valence-corrected chi connectivity index (χ3v) is 3.67. The monoisotopic (exact) mass is 309 g/mol. The number of hydrogen-bond donors (Lipinski definition) is 1. The summed E-state index contributed by atoms with van der Waals surface area (Å²) in [7, 11) is 1.55. The molecule has 0 bridgehead atoms. The fraction of sp³-hybridized carbons (Fsp3) is 0.333. The Balaban J connectivity index is 2.78. The van der Waals surface area contributed by atoms with Crippen LogP contribution in [-0.4, -0.2) is 7.11 Å². The number of nitriles is 2. The molecule has 23 heavy (non-hydrogen) atoms. The molecule has 0 aliphatic carbocycles. The quantitative estimate of drug-likeness (QED) is 0.904. The molecule has 118 valence electrons. The highest BCUT2D eigenvalue weighted by atomic mass is 16.5. The SMILES string of the molecule is COc1ccccc1[C@@H]1C(C#N)=C(N)OC(C(C)(C)C)=C1C#N. The lowest BCUT2D eigenvalue weighted by Gasteiger charge is -2.32. The van der Waals surface area contributed by atoms with Gasteiger partial charge in [-0.15, -0.1) is 0 Å². The van der Waals surface area contributed by atoms with Gasteiger partial charge in [0.2, 0.25) is 5.88 Å². The van der Waals surface area contributed by atoms with Crippen molar-refractivity contribution in [3.8, 4) is 17.9 Å². The van der Waals surface area contributed by atoms with Crippen molar-refractivity contribution in [1.82, 2.24) is 0 Å². The molecule has 0 fully saturated rings. The second-order valence-electron chi connectivity index (χ2n) is 6.27. The average Bonchev–Trinajstić information content (AvgIpc) is 2.52. The van der Waals surface area contributed by atoms with Crippen molar-refractivity contribution in [2.75, 3.05) is 7.11 Å². The third-order valence-electron chi connectivity index (χ3n) is 3.67. The van der Waals surface area contributed by atoms with Crippen LogP contribution < -0.4 is 10.5 Å². The Labute approximate surface area is 136 Å². The molecule has 0 saturated heterocycles. The average molecular weight is 309 g/mol. The first-order valence-corrected chi connectivity index (χ1v) is 7.20. The molecule has 0 amide bonds. The van der Waals surface area contributed by atoms with Gasteiger partial charge in [-0.3, -0.25) is 0 Å². The molecule has 5 nitrogen and oxygen atoms in total. The Morgan fingerprint density at radius 1 is 1.13 bits per heavy atom. The first kappa shape index (κ1) is 16.5. The van der Waals surface area contributed by atoms with E-state index in [-0.39, 0.29) is 11.5 Å². The van der Waals surface area contributed by atoms with E-state index in [9.17, 15) is 10.5 Å². The summed E-state index contributed by atoms with van der Waals surface area (Å²) < 4.78 is 11.0. The first-order valence-electron chi connectivity index (χ1n) is 7.20. The number of ether oxygens (including phenoxy) is 2. The van der Waals surface area contributed by atoms with Crippen molar-refractivity contribution < 1.29 is 9.47 Å². The normalized spacial score (nSPS) is 18.1. The largest absolute Gasteiger partial charge is 0.496 e. The Bertz CT molecular complexity index is 771. The molecular formula is C18H19N3O2. The van der Waals surface area contributed by atoms with E-state index in [1.54, 1.807) is 13.2 Å². The van der Waals surface area contributed by atoms with Crippen LogP contribution in [0.4, 0.5) is 0 Å². The van der Waals surface area contributed by atoms with Gasteiger partial charge in [0.1, 0.15) is 23.2 Å². The van der Waals surface area contributed by atoms with Crippen molar-refractivity contribution >= 4 is 0 Å². The van der Waals surface area contributed by atoms with Crippen LogP contribution in [0.15, 0.2) is 47.1 Å². The van der Waals surface area contributed by atoms with E-state index in [4.69, 9.17) is 15.2 Å².